The predicted molar refractivity (Wildman–Crippen MR) is 104 cm³/mol. The summed E-state index contributed by atoms with van der Waals surface area (Å²) in [6.07, 6.45) is 4.15. The second-order valence-corrected chi connectivity index (χ2v) is 7.70. The van der Waals surface area contributed by atoms with E-state index in [9.17, 15) is 18.0 Å². The van der Waals surface area contributed by atoms with E-state index in [1.54, 1.807) is 24.1 Å². The normalized spacial score (nSPS) is 20.8. The monoisotopic (exact) mass is 441 g/mol. The van der Waals surface area contributed by atoms with Crippen LogP contribution in [0.1, 0.15) is 25.0 Å². The molecule has 2 aromatic rings. The summed E-state index contributed by atoms with van der Waals surface area (Å²) in [6.45, 7) is -1.35. The molecule has 2 atom stereocenters. The van der Waals surface area contributed by atoms with Crippen LogP contribution in [-0.4, -0.2) is 55.5 Å². The lowest BCUT2D eigenvalue weighted by molar-refractivity contribution is -0.123. The van der Waals surface area contributed by atoms with Gasteiger partial charge in [0.25, 0.3) is 0 Å². The summed E-state index contributed by atoms with van der Waals surface area (Å²) in [5, 5.41) is 9.46. The SMILES string of the molecule is Cn1cc(Nc2ncc(Cl)c(C3=CC4CCC(C3)N4C(=O)NCC(F)(F)F)n2)cn1. The van der Waals surface area contributed by atoms with Crippen molar-refractivity contribution in [1.82, 2.24) is 30.0 Å². The minimum atomic E-state index is -4.45. The van der Waals surface area contributed by atoms with Crippen LogP contribution in [-0.2, 0) is 7.05 Å². The summed E-state index contributed by atoms with van der Waals surface area (Å²) in [5.74, 6) is 0.348. The zero-order valence-corrected chi connectivity index (χ0v) is 16.7. The molecule has 2 aliphatic rings. The number of aryl methyl sites for hydroxylation is 1. The third kappa shape index (κ3) is 4.35. The fourth-order valence-electron chi connectivity index (χ4n) is 3.86. The summed E-state index contributed by atoms with van der Waals surface area (Å²) >= 11 is 6.32. The molecule has 0 radical (unpaired) electrons. The molecule has 4 heterocycles. The van der Waals surface area contributed by atoms with E-state index in [2.05, 4.69) is 20.4 Å². The van der Waals surface area contributed by atoms with Gasteiger partial charge in [0.1, 0.15) is 6.54 Å². The molecule has 2 amide bonds. The number of halogens is 4. The first-order valence-electron chi connectivity index (χ1n) is 9.32. The smallest absolute Gasteiger partial charge is 0.329 e. The minimum Gasteiger partial charge on any atom is -0.329 e. The topological polar surface area (TPSA) is 88.0 Å². The number of amides is 2. The Kier molecular flexibility index (Phi) is 5.31. The number of urea groups is 1. The molecule has 1 saturated heterocycles. The minimum absolute atomic E-state index is 0.205. The van der Waals surface area contributed by atoms with Crippen molar-refractivity contribution in [2.45, 2.75) is 37.5 Å². The van der Waals surface area contributed by atoms with Gasteiger partial charge in [-0.25, -0.2) is 14.8 Å². The number of nitrogens with zero attached hydrogens (tertiary/aromatic N) is 5. The molecule has 2 N–H and O–H groups in total. The van der Waals surface area contributed by atoms with Gasteiger partial charge in [0.2, 0.25) is 5.95 Å². The number of nitrogens with one attached hydrogen (secondary N) is 2. The number of hydrogen-bond acceptors (Lipinski definition) is 5. The highest BCUT2D eigenvalue weighted by molar-refractivity contribution is 6.32. The highest BCUT2D eigenvalue weighted by Crippen LogP contribution is 2.39. The van der Waals surface area contributed by atoms with Crippen LogP contribution in [0.4, 0.5) is 29.6 Å². The summed E-state index contributed by atoms with van der Waals surface area (Å²) in [7, 11) is 1.79. The average molecular weight is 442 g/mol. The summed E-state index contributed by atoms with van der Waals surface area (Å²) in [6, 6.07) is -1.21. The molecule has 4 rings (SSSR count). The van der Waals surface area contributed by atoms with Crippen LogP contribution in [0.25, 0.3) is 5.57 Å². The number of rotatable bonds is 4. The van der Waals surface area contributed by atoms with E-state index >= 15 is 0 Å². The maximum Gasteiger partial charge on any atom is 0.405 e. The Morgan fingerprint density at radius 1 is 1.33 bits per heavy atom. The van der Waals surface area contributed by atoms with E-state index in [0.29, 0.717) is 35.9 Å². The van der Waals surface area contributed by atoms with E-state index in [1.165, 1.54) is 11.1 Å². The molecule has 2 unspecified atom stereocenters. The van der Waals surface area contributed by atoms with E-state index in [-0.39, 0.29) is 12.1 Å². The lowest BCUT2D eigenvalue weighted by Gasteiger charge is -2.34. The first kappa shape index (κ1) is 20.5. The predicted octanol–water partition coefficient (Wildman–Crippen LogP) is 3.50. The Morgan fingerprint density at radius 2 is 2.13 bits per heavy atom. The van der Waals surface area contributed by atoms with Gasteiger partial charge < -0.3 is 15.5 Å². The Bertz CT molecular complexity index is 990. The molecule has 2 bridgehead atoms. The van der Waals surface area contributed by atoms with E-state index < -0.39 is 18.8 Å². The van der Waals surface area contributed by atoms with Crippen LogP contribution >= 0.6 is 11.6 Å². The molecule has 0 aromatic carbocycles. The van der Waals surface area contributed by atoms with Crippen LogP contribution in [0.3, 0.4) is 0 Å². The lowest BCUT2D eigenvalue weighted by atomic mass is 9.98. The van der Waals surface area contributed by atoms with Gasteiger partial charge in [-0.1, -0.05) is 17.7 Å². The molecule has 160 valence electrons. The van der Waals surface area contributed by atoms with Gasteiger partial charge in [0.15, 0.2) is 0 Å². The van der Waals surface area contributed by atoms with Crippen molar-refractivity contribution >= 4 is 34.8 Å². The second kappa shape index (κ2) is 7.78. The van der Waals surface area contributed by atoms with Crippen molar-refractivity contribution < 1.29 is 18.0 Å². The summed E-state index contributed by atoms with van der Waals surface area (Å²) < 4.78 is 38.9. The Balaban J connectivity index is 1.53. The maximum absolute atomic E-state index is 12.4. The maximum atomic E-state index is 12.4. The molecule has 12 heteroatoms. The molecular formula is C18H19ClF3N7O. The van der Waals surface area contributed by atoms with Gasteiger partial charge in [-0.15, -0.1) is 0 Å². The fraction of sp³-hybridized carbons (Fsp3) is 0.444. The average Bonchev–Trinajstić information content (AvgIpc) is 3.20. The number of anilines is 2. The van der Waals surface area contributed by atoms with Crippen LogP contribution in [0.2, 0.25) is 5.02 Å². The largest absolute Gasteiger partial charge is 0.405 e. The van der Waals surface area contributed by atoms with E-state index in [4.69, 9.17) is 11.6 Å². The van der Waals surface area contributed by atoms with E-state index in [1.807, 2.05) is 11.4 Å². The molecule has 0 aliphatic carbocycles. The number of hydrogen-bond donors (Lipinski definition) is 2. The lowest BCUT2D eigenvalue weighted by Crippen LogP contribution is -2.50. The Morgan fingerprint density at radius 3 is 2.80 bits per heavy atom. The molecule has 1 fully saturated rings. The summed E-state index contributed by atoms with van der Waals surface area (Å²) in [4.78, 5) is 22.5. The third-order valence-electron chi connectivity index (χ3n) is 5.08. The third-order valence-corrected chi connectivity index (χ3v) is 5.36. The molecule has 0 spiro atoms. The van der Waals surface area contributed by atoms with Crippen LogP contribution < -0.4 is 10.6 Å². The van der Waals surface area contributed by atoms with Crippen molar-refractivity contribution in [2.75, 3.05) is 11.9 Å². The van der Waals surface area contributed by atoms with Gasteiger partial charge in [0.05, 0.1) is 34.8 Å². The van der Waals surface area contributed by atoms with Gasteiger partial charge in [-0.05, 0) is 24.8 Å². The second-order valence-electron chi connectivity index (χ2n) is 7.29. The quantitative estimate of drug-likeness (QED) is 0.758. The van der Waals surface area contributed by atoms with Crippen LogP contribution in [0.15, 0.2) is 24.7 Å². The molecular weight excluding hydrogens is 423 g/mol. The van der Waals surface area contributed by atoms with Gasteiger partial charge >= 0.3 is 12.2 Å². The van der Waals surface area contributed by atoms with Crippen molar-refractivity contribution in [1.29, 1.82) is 0 Å². The first-order valence-corrected chi connectivity index (χ1v) is 9.69. The van der Waals surface area contributed by atoms with Crippen molar-refractivity contribution in [3.63, 3.8) is 0 Å². The zero-order valence-electron chi connectivity index (χ0n) is 15.9. The van der Waals surface area contributed by atoms with Crippen molar-refractivity contribution in [2.24, 2.45) is 7.05 Å². The molecule has 0 saturated carbocycles. The molecule has 2 aromatic heterocycles. The number of alkyl halides is 3. The molecule has 30 heavy (non-hydrogen) atoms. The molecule has 2 aliphatic heterocycles. The van der Waals surface area contributed by atoms with Crippen molar-refractivity contribution in [3.8, 4) is 0 Å². The van der Waals surface area contributed by atoms with Crippen LogP contribution in [0.5, 0.6) is 0 Å². The molecule has 8 nitrogen and oxygen atoms in total. The van der Waals surface area contributed by atoms with Crippen LogP contribution in [0, 0.1) is 0 Å². The van der Waals surface area contributed by atoms with Crippen molar-refractivity contribution in [3.05, 3.63) is 35.4 Å². The van der Waals surface area contributed by atoms with E-state index in [0.717, 1.165) is 11.3 Å². The number of fused-ring (bicyclic) bond motifs is 2. The number of carbonyl (C=O) groups is 1. The Hall–Kier alpha value is -2.82. The number of carbonyl (C=O) groups excluding carboxylic acids is 1. The number of aromatic nitrogens is 4. The van der Waals surface area contributed by atoms with Gasteiger partial charge in [0, 0.05) is 19.3 Å². The fourth-order valence-corrected chi connectivity index (χ4v) is 4.07. The summed E-state index contributed by atoms with van der Waals surface area (Å²) in [5.41, 5.74) is 2.12. The standard InChI is InChI=1S/C18H19ClF3N7O/c1-28-8-11(6-25-28)26-16-23-7-14(19)15(27-16)10-4-12-2-3-13(5-10)29(12)17(30)24-9-18(20,21)22/h4,6-8,12-13H,2-3,5,9H2,1H3,(H,24,30)(H,23,26,27). The highest BCUT2D eigenvalue weighted by atomic mass is 35.5. The van der Waals surface area contributed by atoms with Gasteiger partial charge in [-0.3, -0.25) is 4.68 Å². The Labute approximate surface area is 175 Å². The van der Waals surface area contributed by atoms with Gasteiger partial charge in [-0.2, -0.15) is 18.3 Å². The highest BCUT2D eigenvalue weighted by Gasteiger charge is 2.41. The first-order chi connectivity index (χ1) is 14.2. The zero-order chi connectivity index (χ0) is 21.5.